The Morgan fingerprint density at radius 2 is 1.95 bits per heavy atom. The highest BCUT2D eigenvalue weighted by Crippen LogP contribution is 2.33. The average Bonchev–Trinajstić information content (AvgIpc) is 2.63. The van der Waals surface area contributed by atoms with E-state index >= 15 is 0 Å². The van der Waals surface area contributed by atoms with E-state index in [1.165, 1.54) is 23.5 Å². The van der Waals surface area contributed by atoms with Crippen LogP contribution in [-0.2, 0) is 4.79 Å². The van der Waals surface area contributed by atoms with Gasteiger partial charge < -0.3 is 5.32 Å². The molecule has 0 unspecified atom stereocenters. The molecule has 0 aliphatic carbocycles. The number of alkyl halides is 3. The third-order valence-electron chi connectivity index (χ3n) is 3.23. The van der Waals surface area contributed by atoms with Crippen LogP contribution in [0.1, 0.15) is 15.9 Å². The number of amides is 4. The summed E-state index contributed by atoms with van der Waals surface area (Å²) in [6.07, 6.45) is -5.19. The van der Waals surface area contributed by atoms with E-state index in [1.807, 2.05) is 0 Å². The second-order valence-corrected chi connectivity index (χ2v) is 4.87. The summed E-state index contributed by atoms with van der Waals surface area (Å²) >= 11 is 0. The predicted molar refractivity (Wildman–Crippen MR) is 68.7 cm³/mol. The Labute approximate surface area is 123 Å². The molecule has 1 heterocycles. The number of halogens is 3. The summed E-state index contributed by atoms with van der Waals surface area (Å²) in [4.78, 5) is 35.5. The summed E-state index contributed by atoms with van der Waals surface area (Å²) in [7, 11) is 0.893. The molecule has 0 saturated carbocycles. The van der Waals surface area contributed by atoms with Crippen LogP contribution >= 0.6 is 0 Å². The number of urea groups is 1. The number of hydrogen-bond acceptors (Lipinski definition) is 3. The van der Waals surface area contributed by atoms with Gasteiger partial charge in [0.05, 0.1) is 0 Å². The minimum atomic E-state index is -5.19. The van der Waals surface area contributed by atoms with Crippen LogP contribution in [0.5, 0.6) is 0 Å². The molecule has 1 aliphatic rings. The van der Waals surface area contributed by atoms with Crippen LogP contribution in [0, 0.1) is 6.92 Å². The van der Waals surface area contributed by atoms with Gasteiger partial charge in [-0.15, -0.1) is 0 Å². The lowest BCUT2D eigenvalue weighted by molar-refractivity contribution is -0.199. The van der Waals surface area contributed by atoms with Crippen molar-refractivity contribution >= 4 is 17.8 Å². The zero-order valence-corrected chi connectivity index (χ0v) is 11.6. The number of aryl methyl sites for hydroxylation is 1. The number of nitrogens with zero attached hydrogens (tertiary/aromatic N) is 1. The van der Waals surface area contributed by atoms with Gasteiger partial charge in [-0.1, -0.05) is 17.7 Å². The maximum Gasteiger partial charge on any atom is 0.440 e. The second-order valence-electron chi connectivity index (χ2n) is 4.87. The molecule has 1 aromatic carbocycles. The lowest BCUT2D eigenvalue weighted by Gasteiger charge is -2.29. The van der Waals surface area contributed by atoms with Gasteiger partial charge >= 0.3 is 12.2 Å². The van der Waals surface area contributed by atoms with Gasteiger partial charge in [-0.2, -0.15) is 13.2 Å². The molecule has 2 rings (SSSR count). The van der Waals surface area contributed by atoms with Crippen LogP contribution in [0.15, 0.2) is 24.3 Å². The quantitative estimate of drug-likeness (QED) is 0.804. The van der Waals surface area contributed by atoms with Crippen molar-refractivity contribution < 1.29 is 27.6 Å². The number of benzene rings is 1. The predicted octanol–water partition coefficient (Wildman–Crippen LogP) is 1.17. The lowest BCUT2D eigenvalue weighted by Crippen LogP contribution is -2.69. The summed E-state index contributed by atoms with van der Waals surface area (Å²) in [6.45, 7) is 1.66. The van der Waals surface area contributed by atoms with Crippen molar-refractivity contribution in [3.63, 3.8) is 0 Å². The first-order valence-corrected chi connectivity index (χ1v) is 6.15. The number of imide groups is 1. The van der Waals surface area contributed by atoms with Crippen molar-refractivity contribution in [3.8, 4) is 0 Å². The molecule has 0 aromatic heterocycles. The van der Waals surface area contributed by atoms with Crippen LogP contribution in [-0.4, -0.2) is 41.6 Å². The summed E-state index contributed by atoms with van der Waals surface area (Å²) in [6, 6.07) is 4.58. The van der Waals surface area contributed by atoms with Crippen molar-refractivity contribution in [2.75, 3.05) is 7.05 Å². The van der Waals surface area contributed by atoms with E-state index in [0.717, 1.165) is 7.05 Å². The molecule has 1 saturated heterocycles. The zero-order valence-electron chi connectivity index (χ0n) is 11.6. The molecule has 22 heavy (non-hydrogen) atoms. The Bertz CT molecular complexity index is 659. The van der Waals surface area contributed by atoms with Crippen LogP contribution in [0.3, 0.4) is 0 Å². The Hall–Kier alpha value is -2.58. The summed E-state index contributed by atoms with van der Waals surface area (Å²) < 4.78 is 39.9. The fraction of sp³-hybridized carbons (Fsp3) is 0.308. The van der Waals surface area contributed by atoms with Crippen LogP contribution in [0.4, 0.5) is 18.0 Å². The van der Waals surface area contributed by atoms with Gasteiger partial charge in [0.25, 0.3) is 17.5 Å². The Balaban J connectivity index is 2.39. The van der Waals surface area contributed by atoms with E-state index in [1.54, 1.807) is 18.3 Å². The van der Waals surface area contributed by atoms with Crippen LogP contribution in [0.2, 0.25) is 0 Å². The topological polar surface area (TPSA) is 78.5 Å². The molecule has 2 N–H and O–H groups in total. The first kappa shape index (κ1) is 15.8. The third kappa shape index (κ3) is 2.38. The van der Waals surface area contributed by atoms with Crippen LogP contribution < -0.4 is 10.6 Å². The van der Waals surface area contributed by atoms with Crippen molar-refractivity contribution in [2.45, 2.75) is 18.8 Å². The Kier molecular flexibility index (Phi) is 3.59. The highest BCUT2D eigenvalue weighted by molar-refractivity contribution is 6.10. The zero-order chi connectivity index (χ0) is 16.7. The van der Waals surface area contributed by atoms with E-state index in [0.29, 0.717) is 5.56 Å². The maximum atomic E-state index is 13.3. The molecule has 1 aromatic rings. The van der Waals surface area contributed by atoms with Gasteiger partial charge in [0.2, 0.25) is 0 Å². The number of rotatable bonds is 2. The number of carbonyl (C=O) groups excluding carboxylic acids is 3. The van der Waals surface area contributed by atoms with Gasteiger partial charge in [0, 0.05) is 12.6 Å². The average molecular weight is 315 g/mol. The minimum absolute atomic E-state index is 0.0553. The fourth-order valence-corrected chi connectivity index (χ4v) is 2.02. The van der Waals surface area contributed by atoms with Crippen molar-refractivity contribution in [3.05, 3.63) is 35.4 Å². The number of likely N-dealkylation sites (N-methyl/N-ethyl adjacent to an activating group) is 1. The molecule has 1 atom stereocenters. The summed E-state index contributed by atoms with van der Waals surface area (Å²) in [5.74, 6) is -2.71. The van der Waals surface area contributed by atoms with E-state index in [4.69, 9.17) is 0 Å². The Morgan fingerprint density at radius 3 is 2.41 bits per heavy atom. The molecule has 4 amide bonds. The Morgan fingerprint density at radius 1 is 1.32 bits per heavy atom. The fourth-order valence-electron chi connectivity index (χ4n) is 2.02. The normalized spacial score (nSPS) is 21.8. The van der Waals surface area contributed by atoms with Gasteiger partial charge in [-0.3, -0.25) is 19.8 Å². The van der Waals surface area contributed by atoms with Crippen molar-refractivity contribution in [1.82, 2.24) is 15.5 Å². The molecule has 1 aliphatic heterocycles. The number of hydrogen-bond donors (Lipinski definition) is 2. The van der Waals surface area contributed by atoms with E-state index in [9.17, 15) is 27.6 Å². The molecule has 1 fully saturated rings. The molecule has 6 nitrogen and oxygen atoms in total. The smallest absolute Gasteiger partial charge is 0.314 e. The second kappa shape index (κ2) is 5.00. The number of nitrogens with one attached hydrogen (secondary N) is 2. The highest BCUT2D eigenvalue weighted by atomic mass is 19.4. The largest absolute Gasteiger partial charge is 0.440 e. The SMILES string of the molecule is Cc1cccc(C(=O)N[C@@]2(C(F)(F)F)NC(=O)N(C)C2=O)c1. The molecular formula is C13H12F3N3O3. The first-order chi connectivity index (χ1) is 10.1. The lowest BCUT2D eigenvalue weighted by atomic mass is 10.1. The summed E-state index contributed by atoms with van der Waals surface area (Å²) in [5, 5.41) is 3.10. The van der Waals surface area contributed by atoms with E-state index < -0.39 is 29.7 Å². The van der Waals surface area contributed by atoms with Crippen molar-refractivity contribution in [1.29, 1.82) is 0 Å². The summed E-state index contributed by atoms with van der Waals surface area (Å²) in [5.41, 5.74) is -2.85. The molecule has 9 heteroatoms. The van der Waals surface area contributed by atoms with Gasteiger partial charge in [-0.05, 0) is 19.1 Å². The monoisotopic (exact) mass is 315 g/mol. The van der Waals surface area contributed by atoms with E-state index in [2.05, 4.69) is 0 Å². The maximum absolute atomic E-state index is 13.3. The van der Waals surface area contributed by atoms with Crippen molar-refractivity contribution in [2.24, 2.45) is 0 Å². The molecule has 0 spiro atoms. The van der Waals surface area contributed by atoms with E-state index in [-0.39, 0.29) is 10.5 Å². The molecule has 0 bridgehead atoms. The highest BCUT2D eigenvalue weighted by Gasteiger charge is 2.68. The first-order valence-electron chi connectivity index (χ1n) is 6.15. The molecule has 0 radical (unpaired) electrons. The van der Waals surface area contributed by atoms with Gasteiger partial charge in [0.1, 0.15) is 0 Å². The number of carbonyl (C=O) groups is 3. The standard InChI is InChI=1S/C13H12F3N3O3/c1-7-4-3-5-8(6-7)9(20)17-12(13(14,15)16)10(21)19(2)11(22)18-12/h3-6H,1-2H3,(H,17,20)(H,18,22)/t12-/m1/s1. The minimum Gasteiger partial charge on any atom is -0.314 e. The molecule has 118 valence electrons. The van der Waals surface area contributed by atoms with Crippen LogP contribution in [0.25, 0.3) is 0 Å². The molecular weight excluding hydrogens is 303 g/mol. The van der Waals surface area contributed by atoms with Gasteiger partial charge in [0.15, 0.2) is 0 Å². The van der Waals surface area contributed by atoms with Gasteiger partial charge in [-0.25, -0.2) is 4.79 Å². The third-order valence-corrected chi connectivity index (χ3v) is 3.23.